The van der Waals surface area contributed by atoms with Gasteiger partial charge in [-0.2, -0.15) is 10.2 Å². The Bertz CT molecular complexity index is 1000. The summed E-state index contributed by atoms with van der Waals surface area (Å²) in [6.07, 6.45) is 7.14. The Kier molecular flexibility index (Phi) is 3.38. The maximum Gasteiger partial charge on any atom is 0.225 e. The molecule has 1 amide bonds. The van der Waals surface area contributed by atoms with Crippen molar-refractivity contribution in [2.24, 2.45) is 0 Å². The monoisotopic (exact) mass is 350 g/mol. The second kappa shape index (κ2) is 5.65. The van der Waals surface area contributed by atoms with Gasteiger partial charge in [0.05, 0.1) is 17.4 Å². The molecule has 3 aromatic heterocycles. The minimum absolute atomic E-state index is 0.136. The van der Waals surface area contributed by atoms with E-state index in [-0.39, 0.29) is 18.0 Å². The lowest BCUT2D eigenvalue weighted by molar-refractivity contribution is -0.135. The molecule has 3 aromatic rings. The summed E-state index contributed by atoms with van der Waals surface area (Å²) < 4.78 is 3.88. The molecule has 5 heterocycles. The van der Waals surface area contributed by atoms with E-state index in [0.717, 1.165) is 41.9 Å². The number of nitrogens with zero attached hydrogens (tertiary/aromatic N) is 6. The van der Waals surface area contributed by atoms with Crippen LogP contribution in [0.25, 0.3) is 5.65 Å². The molecule has 2 aliphatic rings. The lowest BCUT2D eigenvalue weighted by atomic mass is 9.98. The van der Waals surface area contributed by atoms with Crippen LogP contribution in [0.3, 0.4) is 0 Å². The first-order valence-electron chi connectivity index (χ1n) is 9.25. The van der Waals surface area contributed by atoms with Gasteiger partial charge < -0.3 is 4.90 Å². The highest BCUT2D eigenvalue weighted by Crippen LogP contribution is 2.43. The molecule has 0 saturated carbocycles. The summed E-state index contributed by atoms with van der Waals surface area (Å²) in [7, 11) is 0. The summed E-state index contributed by atoms with van der Waals surface area (Å²) in [6, 6.07) is 4.38. The third kappa shape index (κ3) is 2.26. The highest BCUT2D eigenvalue weighted by molar-refractivity contribution is 5.78. The van der Waals surface area contributed by atoms with Crippen molar-refractivity contribution >= 4 is 11.6 Å². The number of fused-ring (bicyclic) bond motifs is 6. The van der Waals surface area contributed by atoms with Gasteiger partial charge in [0.1, 0.15) is 0 Å². The average molecular weight is 350 g/mol. The van der Waals surface area contributed by atoms with E-state index in [1.807, 2.05) is 41.4 Å². The number of amides is 1. The van der Waals surface area contributed by atoms with Gasteiger partial charge in [-0.15, -0.1) is 0 Å². The van der Waals surface area contributed by atoms with Crippen LogP contribution >= 0.6 is 0 Å². The van der Waals surface area contributed by atoms with Crippen LogP contribution < -0.4 is 0 Å². The van der Waals surface area contributed by atoms with Gasteiger partial charge in [-0.3, -0.25) is 9.48 Å². The van der Waals surface area contributed by atoms with Crippen molar-refractivity contribution in [2.75, 3.05) is 0 Å². The maximum atomic E-state index is 13.0. The summed E-state index contributed by atoms with van der Waals surface area (Å²) in [4.78, 5) is 19.7. The van der Waals surface area contributed by atoms with Crippen molar-refractivity contribution in [2.45, 2.75) is 58.2 Å². The lowest BCUT2D eigenvalue weighted by Gasteiger charge is -2.36. The molecule has 2 atom stereocenters. The average Bonchev–Trinajstić information content (AvgIpc) is 3.29. The van der Waals surface area contributed by atoms with Crippen molar-refractivity contribution in [1.29, 1.82) is 0 Å². The highest BCUT2D eigenvalue weighted by atomic mass is 16.2. The third-order valence-electron chi connectivity index (χ3n) is 5.78. The minimum Gasteiger partial charge on any atom is -0.332 e. The predicted molar refractivity (Wildman–Crippen MR) is 95.6 cm³/mol. The van der Waals surface area contributed by atoms with Crippen LogP contribution in [0.4, 0.5) is 0 Å². The Morgan fingerprint density at radius 1 is 1.31 bits per heavy atom. The number of hydrogen-bond acceptors (Lipinski definition) is 4. The molecule has 7 heteroatoms. The fraction of sp³-hybridized carbons (Fsp3) is 0.474. The molecule has 0 spiro atoms. The molecular weight excluding hydrogens is 328 g/mol. The van der Waals surface area contributed by atoms with Crippen LogP contribution in [0.1, 0.15) is 47.9 Å². The van der Waals surface area contributed by atoms with Crippen LogP contribution in [-0.2, 0) is 17.8 Å². The van der Waals surface area contributed by atoms with Gasteiger partial charge in [-0.1, -0.05) is 0 Å². The molecule has 0 N–H and O–H groups in total. The molecule has 7 nitrogen and oxygen atoms in total. The van der Waals surface area contributed by atoms with E-state index in [2.05, 4.69) is 20.1 Å². The molecule has 5 rings (SSSR count). The summed E-state index contributed by atoms with van der Waals surface area (Å²) in [5.74, 6) is 0.217. The fourth-order valence-corrected chi connectivity index (χ4v) is 4.54. The zero-order valence-corrected chi connectivity index (χ0v) is 15.1. The lowest BCUT2D eigenvalue weighted by Crippen LogP contribution is -2.43. The van der Waals surface area contributed by atoms with Crippen LogP contribution in [-0.4, -0.2) is 41.2 Å². The molecule has 1 saturated heterocycles. The number of aromatic nitrogens is 5. The van der Waals surface area contributed by atoms with E-state index in [0.29, 0.717) is 13.0 Å². The smallest absolute Gasteiger partial charge is 0.225 e. The number of carbonyl (C=O) groups is 1. The van der Waals surface area contributed by atoms with Gasteiger partial charge in [0.25, 0.3) is 0 Å². The second-order valence-electron chi connectivity index (χ2n) is 7.41. The number of carbonyl (C=O) groups excluding carboxylic acids is 1. The largest absolute Gasteiger partial charge is 0.332 e. The first-order valence-corrected chi connectivity index (χ1v) is 9.25. The van der Waals surface area contributed by atoms with Gasteiger partial charge in [-0.25, -0.2) is 9.50 Å². The Labute approximate surface area is 151 Å². The molecule has 0 unspecified atom stereocenters. The Hall–Kier alpha value is -2.70. The molecule has 2 aliphatic heterocycles. The first kappa shape index (κ1) is 15.5. The Morgan fingerprint density at radius 3 is 3.00 bits per heavy atom. The summed E-state index contributed by atoms with van der Waals surface area (Å²) in [6.45, 7) is 4.64. The molecule has 26 heavy (non-hydrogen) atoms. The van der Waals surface area contributed by atoms with Gasteiger partial charge in [0.15, 0.2) is 5.65 Å². The van der Waals surface area contributed by atoms with Crippen LogP contribution in [0.5, 0.6) is 0 Å². The molecule has 134 valence electrons. The van der Waals surface area contributed by atoms with Crippen LogP contribution in [0.15, 0.2) is 24.5 Å². The van der Waals surface area contributed by atoms with E-state index in [1.165, 1.54) is 5.69 Å². The van der Waals surface area contributed by atoms with Crippen LogP contribution in [0.2, 0.25) is 0 Å². The Balaban J connectivity index is 1.43. The van der Waals surface area contributed by atoms with E-state index in [9.17, 15) is 4.79 Å². The first-order chi connectivity index (χ1) is 12.6. The molecule has 0 aliphatic carbocycles. The molecule has 0 aromatic carbocycles. The zero-order chi connectivity index (χ0) is 17.8. The molecule has 1 fully saturated rings. The summed E-state index contributed by atoms with van der Waals surface area (Å²) >= 11 is 0. The highest BCUT2D eigenvalue weighted by Gasteiger charge is 2.43. The van der Waals surface area contributed by atoms with Crippen LogP contribution in [0, 0.1) is 13.8 Å². The maximum absolute atomic E-state index is 13.0. The predicted octanol–water partition coefficient (Wildman–Crippen LogP) is 2.22. The number of aryl methyl sites for hydroxylation is 3. The van der Waals surface area contributed by atoms with E-state index >= 15 is 0 Å². The molecular formula is C19H22N6O. The van der Waals surface area contributed by atoms with Crippen molar-refractivity contribution < 1.29 is 4.79 Å². The third-order valence-corrected chi connectivity index (χ3v) is 5.78. The summed E-state index contributed by atoms with van der Waals surface area (Å²) in [5.41, 5.74) is 5.35. The van der Waals surface area contributed by atoms with Crippen molar-refractivity contribution in [1.82, 2.24) is 29.3 Å². The second-order valence-corrected chi connectivity index (χ2v) is 7.41. The summed E-state index contributed by atoms with van der Waals surface area (Å²) in [5, 5.41) is 8.90. The van der Waals surface area contributed by atoms with Gasteiger partial charge >= 0.3 is 0 Å². The van der Waals surface area contributed by atoms with Gasteiger partial charge in [0, 0.05) is 55.1 Å². The van der Waals surface area contributed by atoms with Crippen molar-refractivity contribution in [3.05, 3.63) is 47.2 Å². The standard InChI is InChI=1S/C19H22N6O/c1-12-9-18-20-11-15-16-4-3-14(10-17(15)25(18)22-12)24(16)19(26)6-8-23-13(2)5-7-21-23/h5,7,9,11,14,16H,3-4,6,8,10H2,1-2H3/t14-,16+/m0/s1. The van der Waals surface area contributed by atoms with E-state index < -0.39 is 0 Å². The number of hydrogen-bond donors (Lipinski definition) is 0. The molecule has 2 bridgehead atoms. The van der Waals surface area contributed by atoms with Crippen molar-refractivity contribution in [3.63, 3.8) is 0 Å². The normalized spacial score (nSPS) is 21.4. The van der Waals surface area contributed by atoms with Gasteiger partial charge in [-0.05, 0) is 32.8 Å². The quantitative estimate of drug-likeness (QED) is 0.726. The van der Waals surface area contributed by atoms with E-state index in [1.54, 1.807) is 6.20 Å². The van der Waals surface area contributed by atoms with Crippen molar-refractivity contribution in [3.8, 4) is 0 Å². The zero-order valence-electron chi connectivity index (χ0n) is 15.1. The van der Waals surface area contributed by atoms with Gasteiger partial charge in [0.2, 0.25) is 5.91 Å². The molecule has 0 radical (unpaired) electrons. The minimum atomic E-state index is 0.136. The van der Waals surface area contributed by atoms with E-state index in [4.69, 9.17) is 0 Å². The SMILES string of the molecule is Cc1cc2ncc3c(n2n1)C[C@@H]1CC[C@H]3N1C(=O)CCn1nccc1C. The Morgan fingerprint density at radius 2 is 2.19 bits per heavy atom. The fourth-order valence-electron chi connectivity index (χ4n) is 4.54. The topological polar surface area (TPSA) is 68.3 Å². The number of rotatable bonds is 3.